The Morgan fingerprint density at radius 2 is 1.76 bits per heavy atom. The van der Waals surface area contributed by atoms with Gasteiger partial charge in [0.2, 0.25) is 0 Å². The molecule has 0 fully saturated rings. The van der Waals surface area contributed by atoms with Gasteiger partial charge in [0, 0.05) is 17.6 Å². The van der Waals surface area contributed by atoms with Crippen LogP contribution >= 0.6 is 27.5 Å². The Bertz CT molecular complexity index is 629. The standard InChI is InChI=1S/C15H12BrClF3N/c16-13-6-5-10(7-14(13)17)8-21-9-11-3-1-2-4-12(11)15(18,19)20/h1-7,21H,8-9H2. The van der Waals surface area contributed by atoms with Crippen molar-refractivity contribution in [3.05, 3.63) is 68.7 Å². The number of hydrogen-bond acceptors (Lipinski definition) is 1. The molecule has 2 aromatic carbocycles. The molecule has 2 rings (SSSR count). The van der Waals surface area contributed by atoms with Crippen LogP contribution in [-0.4, -0.2) is 0 Å². The van der Waals surface area contributed by atoms with Crippen molar-refractivity contribution in [2.24, 2.45) is 0 Å². The van der Waals surface area contributed by atoms with Crippen LogP contribution in [0.15, 0.2) is 46.9 Å². The van der Waals surface area contributed by atoms with Crippen LogP contribution in [0.2, 0.25) is 5.02 Å². The van der Waals surface area contributed by atoms with Gasteiger partial charge in [-0.3, -0.25) is 0 Å². The fourth-order valence-corrected chi connectivity index (χ4v) is 2.39. The van der Waals surface area contributed by atoms with Crippen molar-refractivity contribution < 1.29 is 13.2 Å². The van der Waals surface area contributed by atoms with Crippen molar-refractivity contribution in [1.29, 1.82) is 0 Å². The molecule has 0 radical (unpaired) electrons. The summed E-state index contributed by atoms with van der Waals surface area (Å²) in [7, 11) is 0. The first-order chi connectivity index (χ1) is 9.88. The number of alkyl halides is 3. The maximum absolute atomic E-state index is 12.8. The molecule has 0 aromatic heterocycles. The molecule has 1 N–H and O–H groups in total. The molecular formula is C15H12BrClF3N. The van der Waals surface area contributed by atoms with Crippen LogP contribution in [-0.2, 0) is 19.3 Å². The van der Waals surface area contributed by atoms with Gasteiger partial charge >= 0.3 is 6.18 Å². The third-order valence-electron chi connectivity index (χ3n) is 2.95. The number of benzene rings is 2. The summed E-state index contributed by atoms with van der Waals surface area (Å²) in [5.74, 6) is 0. The molecular weight excluding hydrogens is 367 g/mol. The zero-order valence-electron chi connectivity index (χ0n) is 10.8. The predicted molar refractivity (Wildman–Crippen MR) is 81.1 cm³/mol. The van der Waals surface area contributed by atoms with E-state index in [0.717, 1.165) is 16.1 Å². The van der Waals surface area contributed by atoms with Gasteiger partial charge in [-0.2, -0.15) is 13.2 Å². The molecule has 0 atom stereocenters. The van der Waals surface area contributed by atoms with Crippen molar-refractivity contribution in [2.45, 2.75) is 19.3 Å². The van der Waals surface area contributed by atoms with Crippen LogP contribution < -0.4 is 5.32 Å². The lowest BCUT2D eigenvalue weighted by Gasteiger charge is -2.13. The van der Waals surface area contributed by atoms with Crippen LogP contribution in [0.5, 0.6) is 0 Å². The summed E-state index contributed by atoms with van der Waals surface area (Å²) in [6.45, 7) is 0.586. The van der Waals surface area contributed by atoms with E-state index in [0.29, 0.717) is 11.6 Å². The van der Waals surface area contributed by atoms with Gasteiger partial charge in [0.25, 0.3) is 0 Å². The Labute approximate surface area is 134 Å². The van der Waals surface area contributed by atoms with Crippen molar-refractivity contribution in [3.8, 4) is 0 Å². The zero-order valence-corrected chi connectivity index (χ0v) is 13.2. The second kappa shape index (κ2) is 6.81. The summed E-state index contributed by atoms with van der Waals surface area (Å²) in [5.41, 5.74) is 0.534. The SMILES string of the molecule is FC(F)(F)c1ccccc1CNCc1ccc(Br)c(Cl)c1. The highest BCUT2D eigenvalue weighted by molar-refractivity contribution is 9.10. The summed E-state index contributed by atoms with van der Waals surface area (Å²) >= 11 is 9.26. The summed E-state index contributed by atoms with van der Waals surface area (Å²) < 4.78 is 39.3. The summed E-state index contributed by atoms with van der Waals surface area (Å²) in [6, 6.07) is 11.0. The normalized spacial score (nSPS) is 11.7. The van der Waals surface area contributed by atoms with E-state index in [4.69, 9.17) is 11.6 Å². The van der Waals surface area contributed by atoms with E-state index >= 15 is 0 Å². The molecule has 0 aliphatic carbocycles. The minimum absolute atomic E-state index is 0.142. The van der Waals surface area contributed by atoms with Crippen LogP contribution in [0.25, 0.3) is 0 Å². The topological polar surface area (TPSA) is 12.0 Å². The van der Waals surface area contributed by atoms with E-state index in [9.17, 15) is 13.2 Å². The van der Waals surface area contributed by atoms with Gasteiger partial charge in [0.15, 0.2) is 0 Å². The Morgan fingerprint density at radius 1 is 1.05 bits per heavy atom. The number of halogens is 5. The lowest BCUT2D eigenvalue weighted by atomic mass is 10.1. The van der Waals surface area contributed by atoms with Gasteiger partial charge in [-0.05, 0) is 45.3 Å². The minimum Gasteiger partial charge on any atom is -0.309 e. The molecule has 0 amide bonds. The molecule has 0 saturated heterocycles. The third-order valence-corrected chi connectivity index (χ3v) is 4.18. The number of rotatable bonds is 4. The zero-order chi connectivity index (χ0) is 15.5. The fourth-order valence-electron chi connectivity index (χ4n) is 1.94. The average Bonchev–Trinajstić information content (AvgIpc) is 2.42. The highest BCUT2D eigenvalue weighted by atomic mass is 79.9. The van der Waals surface area contributed by atoms with Crippen molar-refractivity contribution >= 4 is 27.5 Å². The Kier molecular flexibility index (Phi) is 5.30. The number of nitrogens with one attached hydrogen (secondary N) is 1. The minimum atomic E-state index is -4.33. The van der Waals surface area contributed by atoms with Crippen LogP contribution in [0.4, 0.5) is 13.2 Å². The summed E-state index contributed by atoms with van der Waals surface area (Å²) in [4.78, 5) is 0. The second-order valence-electron chi connectivity index (χ2n) is 4.51. The Morgan fingerprint density at radius 3 is 2.43 bits per heavy atom. The first-order valence-electron chi connectivity index (χ1n) is 6.17. The molecule has 0 saturated carbocycles. The monoisotopic (exact) mass is 377 g/mol. The maximum Gasteiger partial charge on any atom is 0.416 e. The first kappa shape index (κ1) is 16.3. The number of hydrogen-bond donors (Lipinski definition) is 1. The van der Waals surface area contributed by atoms with E-state index in [1.54, 1.807) is 12.1 Å². The molecule has 1 nitrogen and oxygen atoms in total. The largest absolute Gasteiger partial charge is 0.416 e. The molecule has 6 heteroatoms. The molecule has 2 aromatic rings. The smallest absolute Gasteiger partial charge is 0.309 e. The summed E-state index contributed by atoms with van der Waals surface area (Å²) in [6.07, 6.45) is -4.33. The van der Waals surface area contributed by atoms with Crippen LogP contribution in [0.3, 0.4) is 0 Å². The molecule has 21 heavy (non-hydrogen) atoms. The van der Waals surface area contributed by atoms with Crippen molar-refractivity contribution in [2.75, 3.05) is 0 Å². The molecule has 0 unspecified atom stereocenters. The van der Waals surface area contributed by atoms with E-state index in [1.165, 1.54) is 12.1 Å². The van der Waals surface area contributed by atoms with Gasteiger partial charge in [0.1, 0.15) is 0 Å². The van der Waals surface area contributed by atoms with E-state index < -0.39 is 11.7 Å². The lowest BCUT2D eigenvalue weighted by molar-refractivity contribution is -0.138. The molecule has 0 aliphatic rings. The van der Waals surface area contributed by atoms with Crippen molar-refractivity contribution in [3.63, 3.8) is 0 Å². The maximum atomic E-state index is 12.8. The van der Waals surface area contributed by atoms with Crippen LogP contribution in [0, 0.1) is 0 Å². The molecule has 0 heterocycles. The van der Waals surface area contributed by atoms with E-state index in [1.807, 2.05) is 12.1 Å². The summed E-state index contributed by atoms with van der Waals surface area (Å²) in [5, 5.41) is 3.58. The highest BCUT2D eigenvalue weighted by Gasteiger charge is 2.32. The third kappa shape index (κ3) is 4.46. The fraction of sp³-hybridized carbons (Fsp3) is 0.200. The van der Waals surface area contributed by atoms with Crippen LogP contribution in [0.1, 0.15) is 16.7 Å². The highest BCUT2D eigenvalue weighted by Crippen LogP contribution is 2.31. The Balaban J connectivity index is 2.02. The Hall–Kier alpha value is -1.04. The van der Waals surface area contributed by atoms with Gasteiger partial charge in [0.05, 0.1) is 10.6 Å². The van der Waals surface area contributed by atoms with Gasteiger partial charge in [-0.25, -0.2) is 0 Å². The van der Waals surface area contributed by atoms with Gasteiger partial charge in [-0.1, -0.05) is 35.9 Å². The quantitative estimate of drug-likeness (QED) is 0.750. The average molecular weight is 379 g/mol. The lowest BCUT2D eigenvalue weighted by Crippen LogP contribution is -2.17. The predicted octanol–water partition coefficient (Wildman–Crippen LogP) is 5.41. The molecule has 112 valence electrons. The van der Waals surface area contributed by atoms with E-state index in [2.05, 4.69) is 21.2 Å². The molecule has 0 bridgehead atoms. The van der Waals surface area contributed by atoms with Crippen molar-refractivity contribution in [1.82, 2.24) is 5.32 Å². The first-order valence-corrected chi connectivity index (χ1v) is 7.35. The van der Waals surface area contributed by atoms with Gasteiger partial charge < -0.3 is 5.32 Å². The van der Waals surface area contributed by atoms with Gasteiger partial charge in [-0.15, -0.1) is 0 Å². The molecule has 0 spiro atoms. The van der Waals surface area contributed by atoms with E-state index in [-0.39, 0.29) is 12.1 Å². The second-order valence-corrected chi connectivity index (χ2v) is 5.77. The molecule has 0 aliphatic heterocycles.